The van der Waals surface area contributed by atoms with Crippen molar-refractivity contribution in [3.63, 3.8) is 0 Å². The van der Waals surface area contributed by atoms with Gasteiger partial charge in [-0.3, -0.25) is 0 Å². The highest BCUT2D eigenvalue weighted by Gasteiger charge is 1.94. The molecule has 0 aromatic carbocycles. The fourth-order valence-electron chi connectivity index (χ4n) is 0.510. The standard InChI is InChI=1S/C8H16S/c1-3-5-6-7-8(9)4-2/h4,8-9H,2-3,5-7H2,1H3/i7D2. The van der Waals surface area contributed by atoms with E-state index in [4.69, 9.17) is 2.74 Å². The Balaban J connectivity index is 3.87. The van der Waals surface area contributed by atoms with Crippen LogP contribution in [0.4, 0.5) is 0 Å². The SMILES string of the molecule is [2H]C([2H])(CCCC)C(S)C=C. The third kappa shape index (κ3) is 5.97. The van der Waals surface area contributed by atoms with Gasteiger partial charge in [0.05, 0.1) is 0 Å². The molecule has 0 rings (SSSR count). The van der Waals surface area contributed by atoms with Gasteiger partial charge in [-0.05, 0) is 6.37 Å². The highest BCUT2D eigenvalue weighted by Crippen LogP contribution is 2.08. The van der Waals surface area contributed by atoms with Crippen LogP contribution in [0.25, 0.3) is 0 Å². The minimum Gasteiger partial charge on any atom is -0.172 e. The Morgan fingerprint density at radius 2 is 2.44 bits per heavy atom. The third-order valence-corrected chi connectivity index (χ3v) is 1.50. The average Bonchev–Trinajstić information content (AvgIpc) is 1.99. The maximum atomic E-state index is 7.55. The molecule has 0 aliphatic heterocycles. The second kappa shape index (κ2) is 6.21. The number of hydrogen-bond donors (Lipinski definition) is 1. The first-order valence-corrected chi connectivity index (χ1v) is 3.87. The molecule has 9 heavy (non-hydrogen) atoms. The van der Waals surface area contributed by atoms with Gasteiger partial charge in [0.1, 0.15) is 0 Å². The van der Waals surface area contributed by atoms with Crippen LogP contribution in [0.3, 0.4) is 0 Å². The first-order chi connectivity index (χ1) is 5.04. The molecule has 0 fully saturated rings. The van der Waals surface area contributed by atoms with Crippen LogP contribution < -0.4 is 0 Å². The molecule has 0 heterocycles. The van der Waals surface area contributed by atoms with E-state index < -0.39 is 6.37 Å². The Morgan fingerprint density at radius 3 is 2.89 bits per heavy atom. The van der Waals surface area contributed by atoms with Crippen molar-refractivity contribution in [2.75, 3.05) is 0 Å². The third-order valence-electron chi connectivity index (χ3n) is 1.11. The highest BCUT2D eigenvalue weighted by molar-refractivity contribution is 7.81. The largest absolute Gasteiger partial charge is 0.172 e. The second-order valence-corrected chi connectivity index (χ2v) is 2.54. The molecule has 0 nitrogen and oxygen atoms in total. The quantitative estimate of drug-likeness (QED) is 0.447. The summed E-state index contributed by atoms with van der Waals surface area (Å²) in [6, 6.07) is 0. The Kier molecular flexibility index (Phi) is 4.03. The zero-order valence-electron chi connectivity index (χ0n) is 7.93. The molecule has 1 atom stereocenters. The number of rotatable bonds is 5. The Labute approximate surface area is 66.6 Å². The molecular weight excluding hydrogens is 128 g/mol. The topological polar surface area (TPSA) is 0 Å². The highest BCUT2D eigenvalue weighted by atomic mass is 32.1. The van der Waals surface area contributed by atoms with Crippen LogP contribution in [0.5, 0.6) is 0 Å². The molecule has 0 spiro atoms. The number of thiol groups is 1. The first kappa shape index (κ1) is 5.84. The summed E-state index contributed by atoms with van der Waals surface area (Å²) in [4.78, 5) is 0. The van der Waals surface area contributed by atoms with E-state index in [9.17, 15) is 0 Å². The molecule has 0 aromatic heterocycles. The zero-order chi connectivity index (χ0) is 8.91. The van der Waals surface area contributed by atoms with Gasteiger partial charge in [-0.2, -0.15) is 12.6 Å². The lowest BCUT2D eigenvalue weighted by atomic mass is 10.1. The maximum absolute atomic E-state index is 7.55. The van der Waals surface area contributed by atoms with E-state index in [-0.39, 0.29) is 5.25 Å². The minimum atomic E-state index is -1.19. The Morgan fingerprint density at radius 1 is 1.78 bits per heavy atom. The van der Waals surface area contributed by atoms with Crippen molar-refractivity contribution >= 4 is 12.6 Å². The fraction of sp³-hybridized carbons (Fsp3) is 0.750. The summed E-state index contributed by atoms with van der Waals surface area (Å²) in [5.41, 5.74) is 0. The second-order valence-electron chi connectivity index (χ2n) is 1.99. The molecule has 0 aliphatic rings. The fourth-order valence-corrected chi connectivity index (χ4v) is 0.639. The number of unbranched alkanes of at least 4 members (excludes halogenated alkanes) is 1. The Bertz CT molecular complexity index is 123. The zero-order valence-corrected chi connectivity index (χ0v) is 6.82. The summed E-state index contributed by atoms with van der Waals surface area (Å²) in [6.07, 6.45) is 2.87. The molecule has 0 aromatic rings. The average molecular weight is 146 g/mol. The van der Waals surface area contributed by atoms with Crippen LogP contribution in [-0.2, 0) is 0 Å². The van der Waals surface area contributed by atoms with Gasteiger partial charge in [0.25, 0.3) is 0 Å². The van der Waals surface area contributed by atoms with Gasteiger partial charge in [-0.1, -0.05) is 32.3 Å². The van der Waals surface area contributed by atoms with E-state index in [1.165, 1.54) is 0 Å². The van der Waals surface area contributed by atoms with Crippen molar-refractivity contribution in [3.8, 4) is 0 Å². The van der Waals surface area contributed by atoms with Gasteiger partial charge >= 0.3 is 0 Å². The summed E-state index contributed by atoms with van der Waals surface area (Å²) in [5, 5.41) is -0.339. The van der Waals surface area contributed by atoms with Crippen LogP contribution in [0.2, 0.25) is 0 Å². The van der Waals surface area contributed by atoms with Crippen molar-refractivity contribution in [1.29, 1.82) is 0 Å². The van der Waals surface area contributed by atoms with Crippen molar-refractivity contribution in [2.24, 2.45) is 0 Å². The van der Waals surface area contributed by atoms with Gasteiger partial charge < -0.3 is 0 Å². The van der Waals surface area contributed by atoms with Crippen LogP contribution in [-0.4, -0.2) is 5.25 Å². The molecule has 0 bridgehead atoms. The molecule has 0 amide bonds. The van der Waals surface area contributed by atoms with Crippen molar-refractivity contribution in [1.82, 2.24) is 0 Å². The molecule has 1 heteroatoms. The van der Waals surface area contributed by atoms with E-state index in [0.717, 1.165) is 12.8 Å². The monoisotopic (exact) mass is 146 g/mol. The predicted molar refractivity (Wildman–Crippen MR) is 47.1 cm³/mol. The number of hydrogen-bond acceptors (Lipinski definition) is 1. The molecule has 54 valence electrons. The predicted octanol–water partition coefficient (Wildman–Crippen LogP) is 3.05. The molecule has 0 radical (unpaired) electrons. The smallest absolute Gasteiger partial charge is 0.0281 e. The van der Waals surface area contributed by atoms with Crippen LogP contribution in [0.15, 0.2) is 12.7 Å². The van der Waals surface area contributed by atoms with Gasteiger partial charge in [-0.15, -0.1) is 6.58 Å². The van der Waals surface area contributed by atoms with Gasteiger partial charge in [0.2, 0.25) is 0 Å². The van der Waals surface area contributed by atoms with E-state index >= 15 is 0 Å². The molecule has 0 N–H and O–H groups in total. The van der Waals surface area contributed by atoms with Crippen LogP contribution in [0.1, 0.15) is 35.3 Å². The lowest BCUT2D eigenvalue weighted by Gasteiger charge is -2.01. The molecule has 1 unspecified atom stereocenters. The van der Waals surface area contributed by atoms with E-state index in [2.05, 4.69) is 26.1 Å². The van der Waals surface area contributed by atoms with Crippen molar-refractivity contribution in [3.05, 3.63) is 12.7 Å². The summed E-state index contributed by atoms with van der Waals surface area (Å²) < 4.78 is 15.1. The van der Waals surface area contributed by atoms with Gasteiger partial charge in [0.15, 0.2) is 0 Å². The van der Waals surface area contributed by atoms with Crippen LogP contribution in [0, 0.1) is 0 Å². The normalized spacial score (nSPS) is 18.0. The Hall–Kier alpha value is 0.0900. The lowest BCUT2D eigenvalue weighted by molar-refractivity contribution is 0.682. The van der Waals surface area contributed by atoms with Gasteiger partial charge in [0, 0.05) is 7.99 Å². The van der Waals surface area contributed by atoms with Crippen LogP contribution >= 0.6 is 12.6 Å². The molecule has 0 saturated heterocycles. The molecule has 0 saturated carbocycles. The summed E-state index contributed by atoms with van der Waals surface area (Å²) >= 11 is 4.09. The molecule has 0 aliphatic carbocycles. The minimum absolute atomic E-state index is 0.339. The van der Waals surface area contributed by atoms with Crippen molar-refractivity contribution in [2.45, 2.75) is 37.8 Å². The summed E-state index contributed by atoms with van der Waals surface area (Å²) in [5.74, 6) is 0. The maximum Gasteiger partial charge on any atom is 0.0281 e. The summed E-state index contributed by atoms with van der Waals surface area (Å²) in [6.45, 7) is 5.57. The summed E-state index contributed by atoms with van der Waals surface area (Å²) in [7, 11) is 0. The van der Waals surface area contributed by atoms with Crippen molar-refractivity contribution < 1.29 is 2.74 Å². The van der Waals surface area contributed by atoms with E-state index in [1.807, 2.05) is 0 Å². The molecular formula is C8H16S. The first-order valence-electron chi connectivity index (χ1n) is 4.35. The van der Waals surface area contributed by atoms with E-state index in [1.54, 1.807) is 6.08 Å². The van der Waals surface area contributed by atoms with E-state index in [0.29, 0.717) is 6.42 Å². The lowest BCUT2D eigenvalue weighted by Crippen LogP contribution is -1.91. The van der Waals surface area contributed by atoms with Gasteiger partial charge in [-0.25, -0.2) is 0 Å².